The highest BCUT2D eigenvalue weighted by Crippen LogP contribution is 2.19. The van der Waals surface area contributed by atoms with Gasteiger partial charge in [-0.15, -0.1) is 0 Å². The molecular weight excluding hydrogens is 223 g/mol. The highest BCUT2D eigenvalue weighted by Gasteiger charge is 2.06. The third kappa shape index (κ3) is 4.43. The molecule has 92 valence electrons. The second-order valence-electron chi connectivity index (χ2n) is 3.46. The van der Waals surface area contributed by atoms with Crippen LogP contribution in [0.3, 0.4) is 0 Å². The maximum absolute atomic E-state index is 13.0. The Bertz CT molecular complexity index is 420. The highest BCUT2D eigenvalue weighted by atomic mass is 19.1. The lowest BCUT2D eigenvalue weighted by Crippen LogP contribution is -2.16. The second-order valence-corrected chi connectivity index (χ2v) is 3.46. The van der Waals surface area contributed by atoms with Crippen molar-refractivity contribution in [2.75, 3.05) is 20.3 Å². The van der Waals surface area contributed by atoms with Crippen molar-refractivity contribution in [3.8, 4) is 17.6 Å². The first-order valence-corrected chi connectivity index (χ1v) is 5.22. The fourth-order valence-corrected chi connectivity index (χ4v) is 1.14. The SMILES string of the molecule is COC(C)COc1ccc(F)cc1C#CCO. The Kier molecular flexibility index (Phi) is 5.47. The van der Waals surface area contributed by atoms with Crippen molar-refractivity contribution in [2.24, 2.45) is 0 Å². The van der Waals surface area contributed by atoms with Crippen molar-refractivity contribution >= 4 is 0 Å². The van der Waals surface area contributed by atoms with Crippen LogP contribution in [0.2, 0.25) is 0 Å². The summed E-state index contributed by atoms with van der Waals surface area (Å²) >= 11 is 0. The number of ether oxygens (including phenoxy) is 2. The van der Waals surface area contributed by atoms with E-state index in [9.17, 15) is 4.39 Å². The minimum absolute atomic E-state index is 0.0568. The van der Waals surface area contributed by atoms with Crippen molar-refractivity contribution in [2.45, 2.75) is 13.0 Å². The van der Waals surface area contributed by atoms with E-state index in [0.717, 1.165) is 0 Å². The van der Waals surface area contributed by atoms with Crippen LogP contribution in [0.1, 0.15) is 12.5 Å². The van der Waals surface area contributed by atoms with Crippen LogP contribution in [-0.4, -0.2) is 31.5 Å². The fourth-order valence-electron chi connectivity index (χ4n) is 1.14. The Labute approximate surface area is 100 Å². The van der Waals surface area contributed by atoms with Gasteiger partial charge in [-0.2, -0.15) is 0 Å². The minimum Gasteiger partial charge on any atom is -0.490 e. The Balaban J connectivity index is 2.82. The summed E-state index contributed by atoms with van der Waals surface area (Å²) in [6.07, 6.45) is -0.0568. The molecule has 0 bridgehead atoms. The first-order valence-electron chi connectivity index (χ1n) is 5.22. The van der Waals surface area contributed by atoms with E-state index in [4.69, 9.17) is 14.6 Å². The third-order valence-electron chi connectivity index (χ3n) is 2.12. The van der Waals surface area contributed by atoms with Crippen molar-refractivity contribution in [1.82, 2.24) is 0 Å². The van der Waals surface area contributed by atoms with Gasteiger partial charge in [0.15, 0.2) is 0 Å². The highest BCUT2D eigenvalue weighted by molar-refractivity contribution is 5.46. The molecule has 0 aliphatic heterocycles. The molecule has 1 atom stereocenters. The molecule has 0 aliphatic rings. The van der Waals surface area contributed by atoms with E-state index in [1.165, 1.54) is 18.2 Å². The van der Waals surface area contributed by atoms with Gasteiger partial charge in [-0.3, -0.25) is 0 Å². The van der Waals surface area contributed by atoms with Crippen LogP contribution >= 0.6 is 0 Å². The lowest BCUT2D eigenvalue weighted by molar-refractivity contribution is 0.0715. The van der Waals surface area contributed by atoms with Gasteiger partial charge >= 0.3 is 0 Å². The molecule has 4 heteroatoms. The number of hydrogen-bond acceptors (Lipinski definition) is 3. The molecule has 0 heterocycles. The van der Waals surface area contributed by atoms with E-state index in [1.807, 2.05) is 6.92 Å². The molecule has 1 unspecified atom stereocenters. The maximum atomic E-state index is 13.0. The Morgan fingerprint density at radius 2 is 2.24 bits per heavy atom. The summed E-state index contributed by atoms with van der Waals surface area (Å²) in [4.78, 5) is 0. The van der Waals surface area contributed by atoms with Gasteiger partial charge in [-0.25, -0.2) is 4.39 Å². The molecule has 3 nitrogen and oxygen atoms in total. The van der Waals surface area contributed by atoms with E-state index >= 15 is 0 Å². The normalized spacial score (nSPS) is 11.5. The average Bonchev–Trinajstić information content (AvgIpc) is 2.34. The summed E-state index contributed by atoms with van der Waals surface area (Å²) in [6.45, 7) is 1.95. The van der Waals surface area contributed by atoms with E-state index in [-0.39, 0.29) is 18.5 Å². The summed E-state index contributed by atoms with van der Waals surface area (Å²) < 4.78 is 23.5. The van der Waals surface area contributed by atoms with Crippen molar-refractivity contribution < 1.29 is 19.0 Å². The van der Waals surface area contributed by atoms with E-state index in [2.05, 4.69) is 11.8 Å². The summed E-state index contributed by atoms with van der Waals surface area (Å²) in [6, 6.07) is 4.09. The third-order valence-corrected chi connectivity index (χ3v) is 2.12. The van der Waals surface area contributed by atoms with Crippen molar-refractivity contribution in [1.29, 1.82) is 0 Å². The zero-order valence-corrected chi connectivity index (χ0v) is 9.87. The molecule has 0 saturated carbocycles. The smallest absolute Gasteiger partial charge is 0.135 e. The van der Waals surface area contributed by atoms with Crippen LogP contribution in [0.5, 0.6) is 5.75 Å². The maximum Gasteiger partial charge on any atom is 0.135 e. The first kappa shape index (κ1) is 13.5. The van der Waals surface area contributed by atoms with Crippen LogP contribution < -0.4 is 4.74 Å². The summed E-state index contributed by atoms with van der Waals surface area (Å²) in [5.41, 5.74) is 0.419. The molecule has 17 heavy (non-hydrogen) atoms. The van der Waals surface area contributed by atoms with Crippen LogP contribution in [0.15, 0.2) is 18.2 Å². The van der Waals surface area contributed by atoms with Crippen LogP contribution in [0.4, 0.5) is 4.39 Å². The zero-order chi connectivity index (χ0) is 12.7. The van der Waals surface area contributed by atoms with Crippen molar-refractivity contribution in [3.63, 3.8) is 0 Å². The van der Waals surface area contributed by atoms with Gasteiger partial charge in [0.05, 0.1) is 11.7 Å². The van der Waals surface area contributed by atoms with Crippen LogP contribution in [0.25, 0.3) is 0 Å². The van der Waals surface area contributed by atoms with Gasteiger partial charge in [0.2, 0.25) is 0 Å². The predicted octanol–water partition coefficient (Wildman–Crippen LogP) is 1.58. The molecule has 0 aliphatic carbocycles. The average molecular weight is 238 g/mol. The monoisotopic (exact) mass is 238 g/mol. The number of aliphatic hydroxyl groups is 1. The van der Waals surface area contributed by atoms with Crippen LogP contribution in [0, 0.1) is 17.7 Å². The number of aliphatic hydroxyl groups excluding tert-OH is 1. The number of hydrogen-bond donors (Lipinski definition) is 1. The second kappa shape index (κ2) is 6.89. The largest absolute Gasteiger partial charge is 0.490 e. The first-order chi connectivity index (χ1) is 8.17. The number of rotatable bonds is 4. The predicted molar refractivity (Wildman–Crippen MR) is 62.3 cm³/mol. The molecule has 1 rings (SSSR count). The lowest BCUT2D eigenvalue weighted by Gasteiger charge is -2.12. The Hall–Kier alpha value is -1.57. The van der Waals surface area contributed by atoms with Gasteiger partial charge in [0.25, 0.3) is 0 Å². The molecule has 1 aromatic carbocycles. The molecule has 1 aromatic rings. The zero-order valence-electron chi connectivity index (χ0n) is 9.87. The molecule has 0 amide bonds. The van der Waals surface area contributed by atoms with Crippen molar-refractivity contribution in [3.05, 3.63) is 29.6 Å². The van der Waals surface area contributed by atoms with Gasteiger partial charge in [0, 0.05) is 7.11 Å². The standard InChI is InChI=1S/C13H15FO3/c1-10(16-2)9-17-13-6-5-12(14)8-11(13)4-3-7-15/h5-6,8,10,15H,7,9H2,1-2H3. The van der Waals surface area contributed by atoms with Gasteiger partial charge in [-0.1, -0.05) is 11.8 Å². The van der Waals surface area contributed by atoms with Gasteiger partial charge in [0.1, 0.15) is 24.8 Å². The number of benzene rings is 1. The summed E-state index contributed by atoms with van der Waals surface area (Å²) in [7, 11) is 1.59. The molecule has 0 radical (unpaired) electrons. The lowest BCUT2D eigenvalue weighted by atomic mass is 10.2. The summed E-state index contributed by atoms with van der Waals surface area (Å²) in [5, 5.41) is 8.62. The minimum atomic E-state index is -0.389. The van der Waals surface area contributed by atoms with Gasteiger partial charge < -0.3 is 14.6 Å². The van der Waals surface area contributed by atoms with Gasteiger partial charge in [-0.05, 0) is 25.1 Å². The van der Waals surface area contributed by atoms with Crippen LogP contribution in [-0.2, 0) is 4.74 Å². The Morgan fingerprint density at radius 3 is 2.88 bits per heavy atom. The molecular formula is C13H15FO3. The Morgan fingerprint density at radius 1 is 1.47 bits per heavy atom. The number of halogens is 1. The quantitative estimate of drug-likeness (QED) is 0.809. The fraction of sp³-hybridized carbons (Fsp3) is 0.385. The van der Waals surface area contributed by atoms with E-state index in [0.29, 0.717) is 17.9 Å². The molecule has 0 aromatic heterocycles. The molecule has 0 saturated heterocycles. The molecule has 1 N–H and O–H groups in total. The van der Waals surface area contributed by atoms with E-state index < -0.39 is 0 Å². The summed E-state index contributed by atoms with van der Waals surface area (Å²) in [5.74, 6) is 5.19. The van der Waals surface area contributed by atoms with E-state index in [1.54, 1.807) is 7.11 Å². The topological polar surface area (TPSA) is 38.7 Å². The number of methoxy groups -OCH3 is 1. The molecule has 0 fully saturated rings. The molecule has 0 spiro atoms.